The molecule has 1 rings (SSSR count). The highest BCUT2D eigenvalue weighted by Gasteiger charge is 2.02. The zero-order valence-electron chi connectivity index (χ0n) is 8.86. The molecule has 0 aliphatic rings. The maximum absolute atomic E-state index is 4.10. The molecule has 14 heavy (non-hydrogen) atoms. The van der Waals surface area contributed by atoms with Crippen LogP contribution in [0.2, 0.25) is 0 Å². The molecule has 0 aliphatic heterocycles. The first-order chi connectivity index (χ1) is 6.84. The Labute approximate surface area is 90.5 Å². The summed E-state index contributed by atoms with van der Waals surface area (Å²) in [6.45, 7) is 5.43. The van der Waals surface area contributed by atoms with Crippen LogP contribution in [0.5, 0.6) is 0 Å². The van der Waals surface area contributed by atoms with Crippen molar-refractivity contribution in [1.29, 1.82) is 0 Å². The molecule has 1 heterocycles. The molecule has 78 valence electrons. The molecule has 3 heteroatoms. The molecule has 0 unspecified atom stereocenters. The monoisotopic (exact) mass is 210 g/mol. The van der Waals surface area contributed by atoms with Gasteiger partial charge >= 0.3 is 0 Å². The van der Waals surface area contributed by atoms with Gasteiger partial charge in [-0.2, -0.15) is 11.8 Å². The van der Waals surface area contributed by atoms with E-state index in [0.29, 0.717) is 6.04 Å². The Hall–Kier alpha value is -0.540. The molecule has 0 saturated heterocycles. The van der Waals surface area contributed by atoms with Gasteiger partial charge in [0.1, 0.15) is 0 Å². The lowest BCUT2D eigenvalue weighted by atomic mass is 10.1. The first-order valence-electron chi connectivity index (χ1n) is 5.05. The Morgan fingerprint density at radius 2 is 2.43 bits per heavy atom. The Kier molecular flexibility index (Phi) is 5.64. The fourth-order valence-corrected chi connectivity index (χ4v) is 1.79. The second-order valence-electron chi connectivity index (χ2n) is 3.16. The van der Waals surface area contributed by atoms with E-state index < -0.39 is 0 Å². The van der Waals surface area contributed by atoms with Gasteiger partial charge in [-0.3, -0.25) is 4.98 Å². The van der Waals surface area contributed by atoms with E-state index in [-0.39, 0.29) is 0 Å². The average Bonchev–Trinajstić information content (AvgIpc) is 2.25. The van der Waals surface area contributed by atoms with Crippen LogP contribution in [0.4, 0.5) is 0 Å². The second kappa shape index (κ2) is 6.85. The van der Waals surface area contributed by atoms with Crippen molar-refractivity contribution in [3.63, 3.8) is 0 Å². The molecule has 0 spiro atoms. The summed E-state index contributed by atoms with van der Waals surface area (Å²) in [5.41, 5.74) is 1.26. The quantitative estimate of drug-likeness (QED) is 0.730. The van der Waals surface area contributed by atoms with Gasteiger partial charge < -0.3 is 5.32 Å². The smallest absolute Gasteiger partial charge is 0.0315 e. The molecule has 1 aromatic rings. The van der Waals surface area contributed by atoms with Crippen LogP contribution in [0.1, 0.15) is 25.5 Å². The molecule has 0 saturated carbocycles. The molecule has 0 amide bonds. The summed E-state index contributed by atoms with van der Waals surface area (Å²) in [6.07, 6.45) is 3.73. The topological polar surface area (TPSA) is 24.9 Å². The zero-order chi connectivity index (χ0) is 10.2. The van der Waals surface area contributed by atoms with Crippen molar-refractivity contribution in [3.8, 4) is 0 Å². The molecule has 1 atom stereocenters. The fourth-order valence-electron chi connectivity index (χ4n) is 1.24. The summed E-state index contributed by atoms with van der Waals surface area (Å²) >= 11 is 1.97. The van der Waals surface area contributed by atoms with E-state index in [0.717, 1.165) is 6.54 Å². The molecular formula is C11H18N2S. The number of nitrogens with zero attached hydrogens (tertiary/aromatic N) is 1. The Balaban J connectivity index is 2.25. The maximum Gasteiger partial charge on any atom is 0.0315 e. The van der Waals surface area contributed by atoms with Crippen LogP contribution >= 0.6 is 11.8 Å². The van der Waals surface area contributed by atoms with Crippen LogP contribution in [0.15, 0.2) is 24.5 Å². The fraction of sp³-hybridized carbons (Fsp3) is 0.545. The summed E-state index contributed by atoms with van der Waals surface area (Å²) in [7, 11) is 0. The number of nitrogens with one attached hydrogen (secondary N) is 1. The molecule has 0 aliphatic carbocycles. The second-order valence-corrected chi connectivity index (χ2v) is 4.55. The average molecular weight is 210 g/mol. The third kappa shape index (κ3) is 4.11. The van der Waals surface area contributed by atoms with Crippen molar-refractivity contribution in [2.24, 2.45) is 0 Å². The highest BCUT2D eigenvalue weighted by molar-refractivity contribution is 7.99. The Morgan fingerprint density at radius 1 is 1.57 bits per heavy atom. The molecule has 1 N–H and O–H groups in total. The van der Waals surface area contributed by atoms with Gasteiger partial charge in [0.15, 0.2) is 0 Å². The van der Waals surface area contributed by atoms with Crippen molar-refractivity contribution in [2.45, 2.75) is 19.9 Å². The van der Waals surface area contributed by atoms with Gasteiger partial charge in [-0.15, -0.1) is 0 Å². The summed E-state index contributed by atoms with van der Waals surface area (Å²) in [6, 6.07) is 4.49. The standard InChI is InChI=1S/C11H18N2S/c1-3-14-8-7-13-10(2)11-5-4-6-12-9-11/h4-6,9-10,13H,3,7-8H2,1-2H3/t10-/m0/s1. The van der Waals surface area contributed by atoms with Gasteiger partial charge in [0, 0.05) is 30.7 Å². The third-order valence-electron chi connectivity index (χ3n) is 2.09. The van der Waals surface area contributed by atoms with E-state index in [9.17, 15) is 0 Å². The van der Waals surface area contributed by atoms with E-state index in [1.165, 1.54) is 17.1 Å². The predicted molar refractivity (Wildman–Crippen MR) is 63.7 cm³/mol. The minimum absolute atomic E-state index is 0.404. The highest BCUT2D eigenvalue weighted by Crippen LogP contribution is 2.09. The van der Waals surface area contributed by atoms with Crippen molar-refractivity contribution in [2.75, 3.05) is 18.1 Å². The first-order valence-corrected chi connectivity index (χ1v) is 6.21. The number of pyridine rings is 1. The van der Waals surface area contributed by atoms with Crippen LogP contribution in [-0.2, 0) is 0 Å². The van der Waals surface area contributed by atoms with Gasteiger partial charge in [0.2, 0.25) is 0 Å². The number of hydrogen-bond donors (Lipinski definition) is 1. The lowest BCUT2D eigenvalue weighted by molar-refractivity contribution is 0.599. The van der Waals surface area contributed by atoms with Gasteiger partial charge in [-0.25, -0.2) is 0 Å². The lowest BCUT2D eigenvalue weighted by Gasteiger charge is -2.13. The number of aromatic nitrogens is 1. The van der Waals surface area contributed by atoms with Crippen LogP contribution in [0, 0.1) is 0 Å². The molecule has 2 nitrogen and oxygen atoms in total. The summed E-state index contributed by atoms with van der Waals surface area (Å²) in [4.78, 5) is 4.10. The number of rotatable bonds is 6. The SMILES string of the molecule is CCSCCN[C@@H](C)c1cccnc1. The minimum atomic E-state index is 0.404. The van der Waals surface area contributed by atoms with Gasteiger partial charge in [-0.05, 0) is 24.3 Å². The van der Waals surface area contributed by atoms with Crippen LogP contribution < -0.4 is 5.32 Å². The summed E-state index contributed by atoms with van der Waals surface area (Å²) in [5, 5.41) is 3.47. The Bertz CT molecular complexity index is 238. The maximum atomic E-state index is 4.10. The minimum Gasteiger partial charge on any atom is -0.309 e. The van der Waals surface area contributed by atoms with E-state index in [4.69, 9.17) is 0 Å². The first kappa shape index (κ1) is 11.5. The summed E-state index contributed by atoms with van der Waals surface area (Å²) < 4.78 is 0. The normalized spacial score (nSPS) is 12.7. The number of hydrogen-bond acceptors (Lipinski definition) is 3. The van der Waals surface area contributed by atoms with Gasteiger partial charge in [0.05, 0.1) is 0 Å². The van der Waals surface area contributed by atoms with Crippen molar-refractivity contribution in [1.82, 2.24) is 10.3 Å². The van der Waals surface area contributed by atoms with E-state index in [1.807, 2.05) is 30.2 Å². The molecule has 1 aromatic heterocycles. The molecule has 0 radical (unpaired) electrons. The van der Waals surface area contributed by atoms with Crippen LogP contribution in [0.3, 0.4) is 0 Å². The van der Waals surface area contributed by atoms with Crippen LogP contribution in [-0.4, -0.2) is 23.0 Å². The largest absolute Gasteiger partial charge is 0.309 e. The Morgan fingerprint density at radius 3 is 3.07 bits per heavy atom. The van der Waals surface area contributed by atoms with Gasteiger partial charge in [-0.1, -0.05) is 13.0 Å². The van der Waals surface area contributed by atoms with Crippen molar-refractivity contribution in [3.05, 3.63) is 30.1 Å². The van der Waals surface area contributed by atoms with Crippen molar-refractivity contribution >= 4 is 11.8 Å². The lowest BCUT2D eigenvalue weighted by Crippen LogP contribution is -2.21. The van der Waals surface area contributed by atoms with Crippen molar-refractivity contribution < 1.29 is 0 Å². The molecule has 0 aromatic carbocycles. The van der Waals surface area contributed by atoms with Gasteiger partial charge in [0.25, 0.3) is 0 Å². The van der Waals surface area contributed by atoms with E-state index >= 15 is 0 Å². The van der Waals surface area contributed by atoms with E-state index in [1.54, 1.807) is 0 Å². The summed E-state index contributed by atoms with van der Waals surface area (Å²) in [5.74, 6) is 2.38. The molecule has 0 bridgehead atoms. The highest BCUT2D eigenvalue weighted by atomic mass is 32.2. The molecule has 0 fully saturated rings. The van der Waals surface area contributed by atoms with Crippen LogP contribution in [0.25, 0.3) is 0 Å². The number of thioether (sulfide) groups is 1. The third-order valence-corrected chi connectivity index (χ3v) is 2.99. The molecular weight excluding hydrogens is 192 g/mol. The van der Waals surface area contributed by atoms with E-state index in [2.05, 4.69) is 30.2 Å². The predicted octanol–water partition coefficient (Wildman–Crippen LogP) is 2.49. The zero-order valence-corrected chi connectivity index (χ0v) is 9.68.